The molecule has 1 rings (SSSR count). The third kappa shape index (κ3) is 2.77. The molecular weight excluding hydrogens is 225 g/mol. The lowest BCUT2D eigenvalue weighted by Crippen LogP contribution is -2.45. The summed E-state index contributed by atoms with van der Waals surface area (Å²) in [5.74, 6) is -1.57. The predicted molar refractivity (Wildman–Crippen MR) is 38.1 cm³/mol. The fourth-order valence-corrected chi connectivity index (χ4v) is 1.14. The van der Waals surface area contributed by atoms with E-state index in [9.17, 15) is 26.7 Å². The van der Waals surface area contributed by atoms with Crippen LogP contribution in [0.2, 0.25) is 0 Å². The average molecular weight is 233 g/mol. The van der Waals surface area contributed by atoms with Gasteiger partial charge in [-0.1, -0.05) is 0 Å². The van der Waals surface area contributed by atoms with Gasteiger partial charge in [0.15, 0.2) is 0 Å². The number of halogens is 5. The van der Waals surface area contributed by atoms with Crippen LogP contribution in [-0.2, 0) is 9.53 Å². The van der Waals surface area contributed by atoms with Crippen LogP contribution in [0, 0.1) is 0 Å². The summed E-state index contributed by atoms with van der Waals surface area (Å²) in [4.78, 5) is 10.8. The molecule has 1 unspecified atom stereocenters. The van der Waals surface area contributed by atoms with Gasteiger partial charge in [-0.2, -0.15) is 22.0 Å². The third-order valence-electron chi connectivity index (χ3n) is 1.90. The zero-order valence-corrected chi connectivity index (χ0v) is 7.40. The van der Waals surface area contributed by atoms with E-state index in [-0.39, 0.29) is 6.42 Å². The van der Waals surface area contributed by atoms with E-state index >= 15 is 0 Å². The fraction of sp³-hybridized carbons (Fsp3) is 0.857. The Bertz CT molecular complexity index is 246. The molecule has 1 aliphatic heterocycles. The van der Waals surface area contributed by atoms with Crippen molar-refractivity contribution in [3.05, 3.63) is 0 Å². The molecule has 88 valence electrons. The van der Waals surface area contributed by atoms with E-state index in [1.165, 1.54) is 0 Å². The van der Waals surface area contributed by atoms with E-state index in [0.717, 1.165) is 0 Å². The second-order valence-corrected chi connectivity index (χ2v) is 3.08. The Morgan fingerprint density at radius 1 is 1.27 bits per heavy atom. The maximum atomic E-state index is 12.2. The zero-order chi connectivity index (χ0) is 11.7. The molecule has 0 aromatic heterocycles. The highest BCUT2D eigenvalue weighted by Gasteiger charge is 2.62. The molecular formula is C7H8F5NO2. The van der Waals surface area contributed by atoms with Crippen LogP contribution >= 0.6 is 0 Å². The van der Waals surface area contributed by atoms with Crippen LogP contribution in [0.1, 0.15) is 12.8 Å². The second-order valence-electron chi connectivity index (χ2n) is 3.08. The van der Waals surface area contributed by atoms with Gasteiger partial charge < -0.3 is 10.1 Å². The molecule has 0 bridgehead atoms. The first kappa shape index (κ1) is 12.2. The molecule has 0 saturated carbocycles. The highest BCUT2D eigenvalue weighted by Crippen LogP contribution is 2.36. The van der Waals surface area contributed by atoms with Gasteiger partial charge in [-0.05, 0) is 19.4 Å². The zero-order valence-electron chi connectivity index (χ0n) is 7.40. The van der Waals surface area contributed by atoms with E-state index in [4.69, 9.17) is 0 Å². The van der Waals surface area contributed by atoms with Gasteiger partial charge in [0.1, 0.15) is 6.04 Å². The van der Waals surface area contributed by atoms with E-state index < -0.39 is 24.3 Å². The van der Waals surface area contributed by atoms with Crippen LogP contribution in [0.3, 0.4) is 0 Å². The van der Waals surface area contributed by atoms with Crippen molar-refractivity contribution >= 4 is 5.97 Å². The molecule has 1 fully saturated rings. The normalized spacial score (nSPS) is 22.9. The molecule has 0 aromatic carbocycles. The Balaban J connectivity index is 2.57. The van der Waals surface area contributed by atoms with Gasteiger partial charge in [-0.25, -0.2) is 0 Å². The summed E-state index contributed by atoms with van der Waals surface area (Å²) in [5.41, 5.74) is 0. The van der Waals surface area contributed by atoms with Gasteiger partial charge in [-0.3, -0.25) is 4.79 Å². The number of rotatable bonds is 2. The molecule has 8 heteroatoms. The molecule has 0 spiro atoms. The molecule has 1 aliphatic rings. The van der Waals surface area contributed by atoms with Crippen molar-refractivity contribution in [2.24, 2.45) is 0 Å². The lowest BCUT2D eigenvalue weighted by Gasteiger charge is -2.20. The first-order valence-corrected chi connectivity index (χ1v) is 4.15. The maximum Gasteiger partial charge on any atom is 0.501 e. The number of carbonyl (C=O) groups is 1. The second kappa shape index (κ2) is 3.92. The average Bonchev–Trinajstić information content (AvgIpc) is 2.51. The Kier molecular flexibility index (Phi) is 3.17. The summed E-state index contributed by atoms with van der Waals surface area (Å²) in [6.45, 7) is 0.400. The molecule has 0 amide bonds. The minimum atomic E-state index is -5.87. The quantitative estimate of drug-likeness (QED) is 0.579. The van der Waals surface area contributed by atoms with E-state index in [1.807, 2.05) is 0 Å². The van der Waals surface area contributed by atoms with Gasteiger partial charge >= 0.3 is 18.3 Å². The summed E-state index contributed by atoms with van der Waals surface area (Å²) < 4.78 is 62.5. The number of alkyl halides is 5. The largest absolute Gasteiger partial charge is 0.501 e. The third-order valence-corrected chi connectivity index (χ3v) is 1.90. The molecule has 1 N–H and O–H groups in total. The van der Waals surface area contributed by atoms with Crippen LogP contribution < -0.4 is 5.32 Å². The van der Waals surface area contributed by atoms with Crippen LogP contribution in [-0.4, -0.2) is 30.8 Å². The number of hydrogen-bond acceptors (Lipinski definition) is 3. The van der Waals surface area contributed by atoms with E-state index in [1.54, 1.807) is 0 Å². The first-order valence-electron chi connectivity index (χ1n) is 4.15. The van der Waals surface area contributed by atoms with Crippen LogP contribution in [0.15, 0.2) is 0 Å². The van der Waals surface area contributed by atoms with Gasteiger partial charge in [0.2, 0.25) is 0 Å². The van der Waals surface area contributed by atoms with Crippen molar-refractivity contribution in [1.82, 2.24) is 5.32 Å². The molecule has 1 atom stereocenters. The molecule has 0 aliphatic carbocycles. The van der Waals surface area contributed by atoms with E-state index in [2.05, 4.69) is 10.1 Å². The molecule has 15 heavy (non-hydrogen) atoms. The van der Waals surface area contributed by atoms with Gasteiger partial charge in [0.25, 0.3) is 0 Å². The summed E-state index contributed by atoms with van der Waals surface area (Å²) >= 11 is 0. The Morgan fingerprint density at radius 3 is 2.27 bits per heavy atom. The molecule has 0 aromatic rings. The lowest BCUT2D eigenvalue weighted by atomic mass is 10.2. The van der Waals surface area contributed by atoms with Gasteiger partial charge in [-0.15, -0.1) is 0 Å². The van der Waals surface area contributed by atoms with Crippen molar-refractivity contribution in [3.63, 3.8) is 0 Å². The van der Waals surface area contributed by atoms with E-state index in [0.29, 0.717) is 13.0 Å². The predicted octanol–water partition coefficient (Wildman–Crippen LogP) is 1.44. The minimum absolute atomic E-state index is 0.201. The number of carbonyl (C=O) groups excluding carboxylic acids is 1. The van der Waals surface area contributed by atoms with Gasteiger partial charge in [0, 0.05) is 0 Å². The number of nitrogens with one attached hydrogen (secondary N) is 1. The molecule has 3 nitrogen and oxygen atoms in total. The molecule has 0 radical (unpaired) electrons. The van der Waals surface area contributed by atoms with Gasteiger partial charge in [0.05, 0.1) is 0 Å². The Morgan fingerprint density at radius 2 is 1.87 bits per heavy atom. The van der Waals surface area contributed by atoms with Crippen molar-refractivity contribution in [2.45, 2.75) is 31.2 Å². The first-order chi connectivity index (χ1) is 6.74. The number of ether oxygens (including phenoxy) is 1. The van der Waals surface area contributed by atoms with Crippen molar-refractivity contribution < 1.29 is 31.5 Å². The highest BCUT2D eigenvalue weighted by atomic mass is 19.4. The SMILES string of the molecule is O=C(OC(F)(F)C(F)(F)F)C1CCCN1. The Hall–Kier alpha value is -0.920. The fourth-order valence-electron chi connectivity index (χ4n) is 1.14. The number of esters is 1. The maximum absolute atomic E-state index is 12.2. The summed E-state index contributed by atoms with van der Waals surface area (Å²) in [7, 11) is 0. The van der Waals surface area contributed by atoms with Crippen molar-refractivity contribution in [1.29, 1.82) is 0 Å². The monoisotopic (exact) mass is 233 g/mol. The Labute approximate surface area is 81.6 Å². The summed E-state index contributed by atoms with van der Waals surface area (Å²) in [6.07, 6.45) is -10.6. The minimum Gasteiger partial charge on any atom is -0.393 e. The van der Waals surface area contributed by atoms with Crippen LogP contribution in [0.5, 0.6) is 0 Å². The smallest absolute Gasteiger partial charge is 0.393 e. The summed E-state index contributed by atoms with van der Waals surface area (Å²) in [6, 6.07) is -1.07. The number of hydrogen-bond donors (Lipinski definition) is 1. The molecule has 1 heterocycles. The highest BCUT2D eigenvalue weighted by molar-refractivity contribution is 5.76. The van der Waals surface area contributed by atoms with Crippen LogP contribution in [0.4, 0.5) is 22.0 Å². The van der Waals surface area contributed by atoms with Crippen molar-refractivity contribution in [2.75, 3.05) is 6.54 Å². The topological polar surface area (TPSA) is 38.3 Å². The molecule has 1 saturated heterocycles. The van der Waals surface area contributed by atoms with Crippen LogP contribution in [0.25, 0.3) is 0 Å². The van der Waals surface area contributed by atoms with Crippen molar-refractivity contribution in [3.8, 4) is 0 Å². The lowest BCUT2D eigenvalue weighted by molar-refractivity contribution is -0.376. The summed E-state index contributed by atoms with van der Waals surface area (Å²) in [5, 5.41) is 2.46. The standard InChI is InChI=1S/C7H8F5NO2/c8-6(9,10)7(11,12)15-5(14)4-2-1-3-13-4/h4,13H,1-3H2.